The van der Waals surface area contributed by atoms with Gasteiger partial charge in [-0.25, -0.2) is 18.9 Å². The lowest BCUT2D eigenvalue weighted by Gasteiger charge is -2.34. The predicted molar refractivity (Wildman–Crippen MR) is 250 cm³/mol. The molecule has 0 spiro atoms. The van der Waals surface area contributed by atoms with Crippen molar-refractivity contribution in [3.8, 4) is 51.6 Å². The molecule has 2 unspecified atom stereocenters. The lowest BCUT2D eigenvalue weighted by molar-refractivity contribution is 0.107. The summed E-state index contributed by atoms with van der Waals surface area (Å²) in [5.41, 5.74) is 2.69. The van der Waals surface area contributed by atoms with E-state index in [0.29, 0.717) is 58.8 Å². The van der Waals surface area contributed by atoms with Crippen LogP contribution < -0.4 is 20.6 Å². The summed E-state index contributed by atoms with van der Waals surface area (Å²) in [6.45, 7) is 8.22. The van der Waals surface area contributed by atoms with Crippen LogP contribution in [0.1, 0.15) is 63.0 Å². The molecule has 5 N–H and O–H groups in total. The Kier molecular flexibility index (Phi) is 10.4. The molecule has 4 aliphatic rings. The van der Waals surface area contributed by atoms with E-state index in [0.717, 1.165) is 74.6 Å². The molecule has 0 saturated carbocycles. The van der Waals surface area contributed by atoms with Crippen LogP contribution in [0.15, 0.2) is 83.8 Å². The molecule has 0 radical (unpaired) electrons. The van der Waals surface area contributed by atoms with Crippen molar-refractivity contribution in [3.05, 3.63) is 106 Å². The topological polar surface area (TPSA) is 181 Å². The molecule has 16 heteroatoms. The maximum absolute atomic E-state index is 17.1. The molecule has 66 heavy (non-hydrogen) atoms. The van der Waals surface area contributed by atoms with Crippen molar-refractivity contribution < 1.29 is 24.4 Å². The number of halogens is 1. The third-order valence-electron chi connectivity index (χ3n) is 14.4. The Bertz CT molecular complexity index is 3060. The van der Waals surface area contributed by atoms with Crippen LogP contribution in [0.3, 0.4) is 0 Å². The van der Waals surface area contributed by atoms with Crippen molar-refractivity contribution in [2.75, 3.05) is 44.7 Å². The summed E-state index contributed by atoms with van der Waals surface area (Å²) in [7, 11) is 2.14. The average molecular weight is 893 g/mol. The van der Waals surface area contributed by atoms with E-state index in [1.807, 2.05) is 62.4 Å². The monoisotopic (exact) mass is 892 g/mol. The van der Waals surface area contributed by atoms with Gasteiger partial charge in [0.25, 0.3) is 0 Å². The number of rotatable bonds is 11. The van der Waals surface area contributed by atoms with Gasteiger partial charge in [0.05, 0.1) is 22.2 Å². The Labute approximate surface area is 380 Å². The van der Waals surface area contributed by atoms with Gasteiger partial charge < -0.3 is 30.3 Å². The van der Waals surface area contributed by atoms with Crippen molar-refractivity contribution in [2.45, 2.75) is 82.1 Å². The molecule has 0 aliphatic carbocycles. The molecule has 7 aromatic rings. The van der Waals surface area contributed by atoms with E-state index in [-0.39, 0.29) is 57.8 Å². The molecule has 340 valence electrons. The Morgan fingerprint density at radius 3 is 2.52 bits per heavy atom. The largest absolute Gasteiger partial charge is 0.508 e. The molecule has 4 aliphatic heterocycles. The number of hydrogen-bond acceptors (Lipinski definition) is 13. The molecular weight excluding hydrogens is 840 g/mol. The summed E-state index contributed by atoms with van der Waals surface area (Å²) >= 11 is 0. The van der Waals surface area contributed by atoms with Gasteiger partial charge >= 0.3 is 11.7 Å². The maximum Gasteiger partial charge on any atom is 0.348 e. The smallest absolute Gasteiger partial charge is 0.348 e. The highest BCUT2D eigenvalue weighted by atomic mass is 19.1. The molecule has 0 amide bonds. The van der Waals surface area contributed by atoms with Crippen LogP contribution in [0.2, 0.25) is 0 Å². The number of benzene rings is 4. The first kappa shape index (κ1) is 42.0. The number of ether oxygens (including phenoxy) is 1. The summed E-state index contributed by atoms with van der Waals surface area (Å²) in [5.74, 6) is 0.114. The van der Waals surface area contributed by atoms with Gasteiger partial charge in [0, 0.05) is 62.1 Å². The van der Waals surface area contributed by atoms with Crippen LogP contribution in [0.4, 0.5) is 10.2 Å². The van der Waals surface area contributed by atoms with Crippen molar-refractivity contribution in [3.63, 3.8) is 0 Å². The fraction of sp³-hybridized carbons (Fsp3) is 0.380. The first-order chi connectivity index (χ1) is 31.9. The van der Waals surface area contributed by atoms with Crippen LogP contribution in [0, 0.1) is 5.82 Å². The number of pyridine rings is 1. The van der Waals surface area contributed by atoms with Crippen LogP contribution in [-0.2, 0) is 6.54 Å². The summed E-state index contributed by atoms with van der Waals surface area (Å²) in [6, 6.07) is 22.5. The minimum Gasteiger partial charge on any atom is -0.508 e. The molecule has 4 fully saturated rings. The van der Waals surface area contributed by atoms with Crippen LogP contribution in [-0.4, -0.2) is 118 Å². The van der Waals surface area contributed by atoms with E-state index < -0.39 is 11.5 Å². The zero-order chi connectivity index (χ0) is 45.4. The van der Waals surface area contributed by atoms with Crippen molar-refractivity contribution in [1.29, 1.82) is 0 Å². The summed E-state index contributed by atoms with van der Waals surface area (Å²) < 4.78 is 25.2. The van der Waals surface area contributed by atoms with Crippen molar-refractivity contribution in [1.82, 2.24) is 44.8 Å². The van der Waals surface area contributed by atoms with Gasteiger partial charge in [-0.05, 0) is 104 Å². The Balaban J connectivity index is 0.841. The normalized spacial score (nSPS) is 21.8. The summed E-state index contributed by atoms with van der Waals surface area (Å²) in [6.07, 6.45) is 6.70. The SMILES string of the molecule is CC(C)c1cc(-c2n[nH]c(=O)n2-c2ccc(CN(C)[C@@H]3CN4CCC[C@]4(COc4nc(N5CC6CCC(C5)N6)c5cnc(-c6cc(O)cc7ccccc67)c(F)c5n4)C3)cc2)c(O)cc1O. The molecule has 4 atom stereocenters. The lowest BCUT2D eigenvalue weighted by atomic mass is 9.93. The molecule has 3 aromatic heterocycles. The second-order valence-corrected chi connectivity index (χ2v) is 19.0. The van der Waals surface area contributed by atoms with Gasteiger partial charge in [-0.2, -0.15) is 15.1 Å². The van der Waals surface area contributed by atoms with Crippen molar-refractivity contribution in [2.24, 2.45) is 0 Å². The third kappa shape index (κ3) is 7.36. The fourth-order valence-electron chi connectivity index (χ4n) is 11.1. The average Bonchev–Trinajstić information content (AvgIpc) is 4.07. The number of likely N-dealkylation sites (N-methyl/N-ethyl adjacent to an activating group) is 1. The molecule has 4 aromatic carbocycles. The van der Waals surface area contributed by atoms with Gasteiger partial charge in [-0.15, -0.1) is 0 Å². The Morgan fingerprint density at radius 1 is 0.939 bits per heavy atom. The number of H-pyrrole nitrogens is 1. The van der Waals surface area contributed by atoms with Gasteiger partial charge in [0.1, 0.15) is 40.9 Å². The van der Waals surface area contributed by atoms with Crippen LogP contribution >= 0.6 is 0 Å². The van der Waals surface area contributed by atoms with E-state index in [1.54, 1.807) is 24.4 Å². The predicted octanol–water partition coefficient (Wildman–Crippen LogP) is 6.82. The standard InChI is InChI=1S/C50H53FN10O5/c1-28(2)37-19-39(42(64)20-41(37)63)47-56-57-49(65)61(47)33-13-9-29(10-14-33)23-58(3)34-21-50(15-6-16-60(50)26-34)27-66-48-54-45-40(46(55-48)59-24-31-11-12-32(25-59)53-31)22-52-44(43(45)51)38-18-35(62)17-30-7-4-5-8-36(30)38/h4-5,7-10,13-14,17-20,22,28,31-32,34,53,62-64H,6,11-12,15-16,21,23-27H2,1-3H3,(H,57,65)/t31?,32?,34-,50+/m0/s1. The number of piperazine rings is 1. The lowest BCUT2D eigenvalue weighted by Crippen LogP contribution is -2.51. The second kappa shape index (κ2) is 16.4. The minimum atomic E-state index is -0.583. The molecule has 7 heterocycles. The first-order valence-corrected chi connectivity index (χ1v) is 22.9. The molecular formula is C50H53FN10O5. The number of anilines is 1. The number of hydrogen-bond donors (Lipinski definition) is 5. The number of nitrogens with zero attached hydrogens (tertiary/aromatic N) is 8. The van der Waals surface area contributed by atoms with E-state index in [9.17, 15) is 20.1 Å². The summed E-state index contributed by atoms with van der Waals surface area (Å²) in [4.78, 5) is 34.7. The highest BCUT2D eigenvalue weighted by molar-refractivity contribution is 6.00. The zero-order valence-electron chi connectivity index (χ0n) is 37.2. The number of fused-ring (bicyclic) bond motifs is 5. The number of nitrogens with one attached hydrogen (secondary N) is 2. The van der Waals surface area contributed by atoms with Crippen LogP contribution in [0.5, 0.6) is 23.3 Å². The Morgan fingerprint density at radius 2 is 1.73 bits per heavy atom. The van der Waals surface area contributed by atoms with Crippen molar-refractivity contribution >= 4 is 27.5 Å². The second-order valence-electron chi connectivity index (χ2n) is 19.0. The van der Waals surface area contributed by atoms with E-state index in [2.05, 4.69) is 42.2 Å². The number of aromatic amines is 1. The fourth-order valence-corrected chi connectivity index (χ4v) is 11.1. The first-order valence-electron chi connectivity index (χ1n) is 22.9. The highest BCUT2D eigenvalue weighted by Crippen LogP contribution is 2.43. The number of aromatic hydroxyl groups is 3. The zero-order valence-corrected chi connectivity index (χ0v) is 37.2. The Hall–Kier alpha value is -6.62. The summed E-state index contributed by atoms with van der Waals surface area (Å²) in [5, 5.41) is 44.4. The van der Waals surface area contributed by atoms with Gasteiger partial charge in [0.2, 0.25) is 0 Å². The molecule has 4 saturated heterocycles. The van der Waals surface area contributed by atoms with E-state index in [4.69, 9.17) is 14.7 Å². The van der Waals surface area contributed by atoms with Gasteiger partial charge in [-0.3, -0.25) is 14.8 Å². The van der Waals surface area contributed by atoms with Gasteiger partial charge in [0.15, 0.2) is 11.6 Å². The third-order valence-corrected chi connectivity index (χ3v) is 14.4. The number of aromatic nitrogens is 6. The highest BCUT2D eigenvalue weighted by Gasteiger charge is 2.50. The van der Waals surface area contributed by atoms with Crippen LogP contribution in [0.25, 0.3) is 50.0 Å². The van der Waals surface area contributed by atoms with E-state index in [1.165, 1.54) is 10.6 Å². The van der Waals surface area contributed by atoms with Gasteiger partial charge in [-0.1, -0.05) is 50.2 Å². The van der Waals surface area contributed by atoms with E-state index >= 15 is 4.39 Å². The number of phenolic OH excluding ortho intramolecular Hbond substituents is 3. The minimum absolute atomic E-state index is 0.0131. The number of phenols is 3. The molecule has 11 rings (SSSR count). The molecule has 15 nitrogen and oxygen atoms in total. The quantitative estimate of drug-likeness (QED) is 0.0914. The maximum atomic E-state index is 17.1. The molecule has 2 bridgehead atoms.